The van der Waals surface area contributed by atoms with Crippen LogP contribution in [0.25, 0.3) is 0 Å². The molecule has 8 heteroatoms. The Balaban J connectivity index is 1.87. The van der Waals surface area contributed by atoms with Gasteiger partial charge in [-0.15, -0.1) is 0 Å². The van der Waals surface area contributed by atoms with Crippen molar-refractivity contribution < 1.29 is 17.6 Å². The monoisotopic (exact) mass is 315 g/mol. The minimum absolute atomic E-state index is 0.259. The quantitative estimate of drug-likeness (QED) is 0.832. The summed E-state index contributed by atoms with van der Waals surface area (Å²) in [6.45, 7) is 3.46. The second-order valence-corrected chi connectivity index (χ2v) is 6.78. The third kappa shape index (κ3) is 4.21. The maximum atomic E-state index is 12.3. The van der Waals surface area contributed by atoms with Crippen LogP contribution in [0, 0.1) is 0 Å². The van der Waals surface area contributed by atoms with E-state index < -0.39 is 15.8 Å². The number of likely N-dealkylation sites (tertiary alicyclic amines) is 1. The molecule has 2 heterocycles. The number of hydrogen-bond donors (Lipinski definition) is 1. The molecule has 2 rings (SSSR count). The Labute approximate surface area is 123 Å². The molecule has 1 aromatic heterocycles. The number of alkyl halides is 1. The summed E-state index contributed by atoms with van der Waals surface area (Å²) < 4.78 is 34.8. The molecular formula is C13H18FN3O3S. The predicted octanol–water partition coefficient (Wildman–Crippen LogP) is 0.608. The molecule has 0 radical (unpaired) electrons. The number of aromatic nitrogens is 1. The van der Waals surface area contributed by atoms with Gasteiger partial charge in [-0.25, -0.2) is 17.8 Å². The van der Waals surface area contributed by atoms with Gasteiger partial charge in [-0.1, -0.05) is 0 Å². The summed E-state index contributed by atoms with van der Waals surface area (Å²) in [7, 11) is -3.98. The lowest BCUT2D eigenvalue weighted by atomic mass is 10.3. The van der Waals surface area contributed by atoms with Crippen molar-refractivity contribution in [2.24, 2.45) is 0 Å². The third-order valence-electron chi connectivity index (χ3n) is 3.37. The lowest BCUT2D eigenvalue weighted by Crippen LogP contribution is -2.33. The van der Waals surface area contributed by atoms with Crippen LogP contribution in [0.3, 0.4) is 0 Å². The zero-order chi connectivity index (χ0) is 15.3. The van der Waals surface area contributed by atoms with Gasteiger partial charge >= 0.3 is 0 Å². The highest BCUT2D eigenvalue weighted by Crippen LogP contribution is 2.09. The van der Waals surface area contributed by atoms with Crippen LogP contribution < -0.4 is 5.32 Å². The van der Waals surface area contributed by atoms with Crippen molar-refractivity contribution in [1.82, 2.24) is 15.2 Å². The minimum Gasteiger partial charge on any atom is -0.351 e. The van der Waals surface area contributed by atoms with Crippen LogP contribution in [0.2, 0.25) is 0 Å². The fourth-order valence-electron chi connectivity index (χ4n) is 2.19. The van der Waals surface area contributed by atoms with E-state index >= 15 is 0 Å². The van der Waals surface area contributed by atoms with Crippen molar-refractivity contribution in [2.45, 2.75) is 17.9 Å². The third-order valence-corrected chi connectivity index (χ3v) is 4.54. The maximum absolute atomic E-state index is 12.3. The predicted molar refractivity (Wildman–Crippen MR) is 75.4 cm³/mol. The summed E-state index contributed by atoms with van der Waals surface area (Å²) >= 11 is 0. The average molecular weight is 315 g/mol. The normalized spacial score (nSPS) is 16.0. The smallest absolute Gasteiger partial charge is 0.252 e. The van der Waals surface area contributed by atoms with Gasteiger partial charge in [0.25, 0.3) is 5.91 Å². The molecule has 116 valence electrons. The van der Waals surface area contributed by atoms with Gasteiger partial charge in [0, 0.05) is 19.3 Å². The van der Waals surface area contributed by atoms with E-state index in [1.807, 2.05) is 0 Å². The van der Waals surface area contributed by atoms with E-state index in [1.165, 1.54) is 18.9 Å². The fraction of sp³-hybridized carbons (Fsp3) is 0.538. The van der Waals surface area contributed by atoms with Crippen LogP contribution in [0.1, 0.15) is 23.2 Å². The number of carbonyl (C=O) groups is 1. The van der Waals surface area contributed by atoms with E-state index in [9.17, 15) is 17.6 Å². The molecule has 6 nitrogen and oxygen atoms in total. The zero-order valence-corrected chi connectivity index (χ0v) is 12.4. The molecule has 1 N–H and O–H groups in total. The first kappa shape index (κ1) is 15.8. The second-order valence-electron chi connectivity index (χ2n) is 4.91. The highest BCUT2D eigenvalue weighted by Gasteiger charge is 2.16. The van der Waals surface area contributed by atoms with Gasteiger partial charge in [0.05, 0.1) is 5.56 Å². The van der Waals surface area contributed by atoms with Crippen molar-refractivity contribution in [2.75, 3.05) is 32.2 Å². The van der Waals surface area contributed by atoms with Crippen LogP contribution in [-0.2, 0) is 9.84 Å². The van der Waals surface area contributed by atoms with E-state index in [-0.39, 0.29) is 16.5 Å². The average Bonchev–Trinajstić information content (AvgIpc) is 3.00. The molecule has 0 unspecified atom stereocenters. The number of carbonyl (C=O) groups excluding carboxylic acids is 1. The Morgan fingerprint density at radius 1 is 1.33 bits per heavy atom. The number of amides is 1. The summed E-state index contributed by atoms with van der Waals surface area (Å²) in [6.07, 6.45) is 3.54. The number of nitrogens with zero attached hydrogens (tertiary/aromatic N) is 2. The molecule has 0 spiro atoms. The molecule has 1 amide bonds. The first-order chi connectivity index (χ1) is 10.0. The van der Waals surface area contributed by atoms with Crippen LogP contribution in [0.4, 0.5) is 4.39 Å². The van der Waals surface area contributed by atoms with Crippen LogP contribution in [0.15, 0.2) is 23.4 Å². The van der Waals surface area contributed by atoms with E-state index in [2.05, 4.69) is 15.2 Å². The summed E-state index contributed by atoms with van der Waals surface area (Å²) in [5.41, 5.74) is 0.259. The number of halogens is 1. The van der Waals surface area contributed by atoms with Gasteiger partial charge in [0.15, 0.2) is 11.0 Å². The number of nitrogens with one attached hydrogen (secondary N) is 1. The van der Waals surface area contributed by atoms with Crippen LogP contribution in [0.5, 0.6) is 0 Å². The zero-order valence-electron chi connectivity index (χ0n) is 11.6. The van der Waals surface area contributed by atoms with E-state index in [1.54, 1.807) is 0 Å². The molecule has 0 aliphatic carbocycles. The Kier molecular flexibility index (Phi) is 5.24. The lowest BCUT2D eigenvalue weighted by Gasteiger charge is -2.14. The molecule has 0 aromatic carbocycles. The van der Waals surface area contributed by atoms with E-state index in [0.717, 1.165) is 31.9 Å². The standard InChI is InChI=1S/C13H18FN3O3S/c14-10-21(19,20)12-4-3-11(9-16-12)13(18)15-5-8-17-6-1-2-7-17/h3-4,9H,1-2,5-8,10H2,(H,15,18). The highest BCUT2D eigenvalue weighted by molar-refractivity contribution is 7.91. The van der Waals surface area contributed by atoms with Crippen LogP contribution >= 0.6 is 0 Å². The number of sulfone groups is 1. The Hall–Kier alpha value is -1.54. The van der Waals surface area contributed by atoms with Gasteiger partial charge in [-0.2, -0.15) is 0 Å². The topological polar surface area (TPSA) is 79.4 Å². The van der Waals surface area contributed by atoms with Gasteiger partial charge < -0.3 is 10.2 Å². The van der Waals surface area contributed by atoms with Gasteiger partial charge in [0.1, 0.15) is 0 Å². The number of rotatable bonds is 6. The Morgan fingerprint density at radius 3 is 2.62 bits per heavy atom. The summed E-state index contributed by atoms with van der Waals surface area (Å²) in [4.78, 5) is 17.8. The first-order valence-corrected chi connectivity index (χ1v) is 8.43. The second kappa shape index (κ2) is 6.95. The van der Waals surface area contributed by atoms with Gasteiger partial charge in [-0.3, -0.25) is 4.79 Å². The fourth-order valence-corrected chi connectivity index (χ4v) is 2.79. The summed E-state index contributed by atoms with van der Waals surface area (Å²) in [5.74, 6) is -0.314. The molecule has 1 saturated heterocycles. The van der Waals surface area contributed by atoms with E-state index in [0.29, 0.717) is 6.54 Å². The lowest BCUT2D eigenvalue weighted by molar-refractivity contribution is 0.0949. The minimum atomic E-state index is -3.98. The molecule has 1 fully saturated rings. The number of pyridine rings is 1. The molecule has 1 aromatic rings. The largest absolute Gasteiger partial charge is 0.351 e. The number of hydrogen-bond acceptors (Lipinski definition) is 5. The van der Waals surface area contributed by atoms with Gasteiger partial charge in [-0.05, 0) is 38.1 Å². The molecular weight excluding hydrogens is 297 g/mol. The van der Waals surface area contributed by atoms with E-state index in [4.69, 9.17) is 0 Å². The molecule has 1 aliphatic heterocycles. The SMILES string of the molecule is O=C(NCCN1CCCC1)c1ccc(S(=O)(=O)CF)nc1. The Bertz CT molecular complexity index is 583. The first-order valence-electron chi connectivity index (χ1n) is 6.78. The molecule has 21 heavy (non-hydrogen) atoms. The summed E-state index contributed by atoms with van der Waals surface area (Å²) in [6, 6.07) is 0.979. The van der Waals surface area contributed by atoms with Crippen molar-refractivity contribution in [3.8, 4) is 0 Å². The molecule has 0 saturated carbocycles. The molecule has 1 aliphatic rings. The molecule has 0 bridgehead atoms. The van der Waals surface area contributed by atoms with Crippen molar-refractivity contribution in [3.63, 3.8) is 0 Å². The van der Waals surface area contributed by atoms with Crippen molar-refractivity contribution >= 4 is 15.7 Å². The maximum Gasteiger partial charge on any atom is 0.252 e. The van der Waals surface area contributed by atoms with Crippen LogP contribution in [-0.4, -0.2) is 56.4 Å². The van der Waals surface area contributed by atoms with Crippen molar-refractivity contribution in [1.29, 1.82) is 0 Å². The molecule has 0 atom stereocenters. The summed E-state index contributed by atoms with van der Waals surface area (Å²) in [5, 5.41) is 2.39. The Morgan fingerprint density at radius 2 is 2.05 bits per heavy atom. The van der Waals surface area contributed by atoms with Gasteiger partial charge in [0.2, 0.25) is 9.84 Å². The highest BCUT2D eigenvalue weighted by atomic mass is 32.2. The van der Waals surface area contributed by atoms with Crippen molar-refractivity contribution in [3.05, 3.63) is 23.9 Å².